The van der Waals surface area contributed by atoms with E-state index in [0.717, 1.165) is 37.7 Å². The van der Waals surface area contributed by atoms with Crippen molar-refractivity contribution in [3.8, 4) is 5.75 Å². The minimum Gasteiger partial charge on any atom is -0.406 e. The van der Waals surface area contributed by atoms with Gasteiger partial charge in [0.15, 0.2) is 0 Å². The normalized spacial score (nSPS) is 22.7. The van der Waals surface area contributed by atoms with Crippen LogP contribution in [0.25, 0.3) is 0 Å². The first-order valence-electron chi connectivity index (χ1n) is 7.61. The number of rotatable bonds is 5. The van der Waals surface area contributed by atoms with Gasteiger partial charge >= 0.3 is 6.36 Å². The molecule has 1 aromatic carbocycles. The standard InChI is InChI=1S/C18H21F3O/c1-2-3-4-5-14-6-8-15(9-7-14)16-10-12-17(13-11-16)22-18(19,20)21/h2-4,10-15H,1,5-9H2/b4-3-. The van der Waals surface area contributed by atoms with Crippen LogP contribution in [0.5, 0.6) is 5.75 Å². The summed E-state index contributed by atoms with van der Waals surface area (Å²) in [4.78, 5) is 0. The van der Waals surface area contributed by atoms with E-state index in [0.29, 0.717) is 11.8 Å². The molecule has 0 heterocycles. The predicted molar refractivity (Wildman–Crippen MR) is 81.8 cm³/mol. The fraction of sp³-hybridized carbons (Fsp3) is 0.444. The molecule has 0 saturated heterocycles. The van der Waals surface area contributed by atoms with Crippen molar-refractivity contribution in [3.05, 3.63) is 54.6 Å². The highest BCUT2D eigenvalue weighted by Gasteiger charge is 2.31. The molecule has 0 spiro atoms. The molecule has 0 aliphatic heterocycles. The fourth-order valence-corrected chi connectivity index (χ4v) is 3.04. The predicted octanol–water partition coefficient (Wildman–Crippen LogP) is 5.99. The highest BCUT2D eigenvalue weighted by molar-refractivity contribution is 5.29. The van der Waals surface area contributed by atoms with Gasteiger partial charge in [-0.25, -0.2) is 0 Å². The molecular weight excluding hydrogens is 289 g/mol. The van der Waals surface area contributed by atoms with E-state index in [1.54, 1.807) is 18.2 Å². The van der Waals surface area contributed by atoms with Crippen LogP contribution in [-0.2, 0) is 0 Å². The zero-order chi connectivity index (χ0) is 16.0. The quantitative estimate of drug-likeness (QED) is 0.607. The van der Waals surface area contributed by atoms with Gasteiger partial charge in [0.25, 0.3) is 0 Å². The summed E-state index contributed by atoms with van der Waals surface area (Å²) in [6.45, 7) is 3.66. The van der Waals surface area contributed by atoms with Gasteiger partial charge in [-0.3, -0.25) is 0 Å². The molecule has 1 nitrogen and oxygen atoms in total. The maximum atomic E-state index is 12.1. The van der Waals surface area contributed by atoms with Gasteiger partial charge < -0.3 is 4.74 Å². The summed E-state index contributed by atoms with van der Waals surface area (Å²) in [5, 5.41) is 0. The lowest BCUT2D eigenvalue weighted by molar-refractivity contribution is -0.274. The second-order valence-corrected chi connectivity index (χ2v) is 5.73. The summed E-state index contributed by atoms with van der Waals surface area (Å²) in [6, 6.07) is 6.32. The molecule has 2 rings (SSSR count). The third-order valence-corrected chi connectivity index (χ3v) is 4.17. The number of alkyl halides is 3. The summed E-state index contributed by atoms with van der Waals surface area (Å²) < 4.78 is 40.3. The van der Waals surface area contributed by atoms with Crippen molar-refractivity contribution in [2.45, 2.75) is 44.4 Å². The average molecular weight is 310 g/mol. The van der Waals surface area contributed by atoms with Crippen LogP contribution in [0.3, 0.4) is 0 Å². The van der Waals surface area contributed by atoms with Crippen LogP contribution in [0.15, 0.2) is 49.1 Å². The summed E-state index contributed by atoms with van der Waals surface area (Å²) in [7, 11) is 0. The molecule has 1 aliphatic carbocycles. The minimum atomic E-state index is -4.63. The topological polar surface area (TPSA) is 9.23 Å². The molecule has 0 aromatic heterocycles. The van der Waals surface area contributed by atoms with E-state index in [9.17, 15) is 13.2 Å². The van der Waals surface area contributed by atoms with Crippen molar-refractivity contribution in [2.24, 2.45) is 5.92 Å². The molecule has 0 bridgehead atoms. The van der Waals surface area contributed by atoms with Crippen molar-refractivity contribution in [2.75, 3.05) is 0 Å². The summed E-state index contributed by atoms with van der Waals surface area (Å²) in [5.41, 5.74) is 1.11. The molecule has 0 atom stereocenters. The van der Waals surface area contributed by atoms with Crippen molar-refractivity contribution in [1.82, 2.24) is 0 Å². The van der Waals surface area contributed by atoms with Crippen LogP contribution >= 0.6 is 0 Å². The Morgan fingerprint density at radius 3 is 2.27 bits per heavy atom. The Morgan fingerprint density at radius 2 is 1.73 bits per heavy atom. The highest BCUT2D eigenvalue weighted by Crippen LogP contribution is 2.37. The summed E-state index contributed by atoms with van der Waals surface area (Å²) in [5.74, 6) is 0.999. The van der Waals surface area contributed by atoms with Gasteiger partial charge in [0.1, 0.15) is 5.75 Å². The van der Waals surface area contributed by atoms with E-state index in [4.69, 9.17) is 0 Å². The van der Waals surface area contributed by atoms with Crippen molar-refractivity contribution in [3.63, 3.8) is 0 Å². The molecule has 1 saturated carbocycles. The third kappa shape index (κ3) is 5.24. The van der Waals surface area contributed by atoms with E-state index >= 15 is 0 Å². The molecular formula is C18H21F3O. The number of allylic oxidation sites excluding steroid dienone is 3. The van der Waals surface area contributed by atoms with E-state index in [1.807, 2.05) is 6.08 Å². The van der Waals surface area contributed by atoms with Gasteiger partial charge in [-0.2, -0.15) is 0 Å². The molecule has 120 valence electrons. The van der Waals surface area contributed by atoms with Gasteiger partial charge in [0.05, 0.1) is 0 Å². The Kier molecular flexibility index (Phi) is 5.69. The molecule has 1 aromatic rings. The van der Waals surface area contributed by atoms with E-state index in [2.05, 4.69) is 17.4 Å². The van der Waals surface area contributed by atoms with Gasteiger partial charge in [-0.05, 0) is 61.6 Å². The zero-order valence-corrected chi connectivity index (χ0v) is 12.5. The van der Waals surface area contributed by atoms with Crippen LogP contribution < -0.4 is 4.74 Å². The molecule has 0 amide bonds. The van der Waals surface area contributed by atoms with Crippen molar-refractivity contribution >= 4 is 0 Å². The van der Waals surface area contributed by atoms with E-state index < -0.39 is 6.36 Å². The highest BCUT2D eigenvalue weighted by atomic mass is 19.4. The maximum absolute atomic E-state index is 12.1. The van der Waals surface area contributed by atoms with Crippen molar-refractivity contribution in [1.29, 1.82) is 0 Å². The molecule has 0 unspecified atom stereocenters. The number of halogens is 3. The maximum Gasteiger partial charge on any atom is 0.573 e. The number of hydrogen-bond acceptors (Lipinski definition) is 1. The minimum absolute atomic E-state index is 0.153. The summed E-state index contributed by atoms with van der Waals surface area (Å²) in [6.07, 6.45) is 6.87. The Balaban J connectivity index is 1.86. The molecule has 0 N–H and O–H groups in total. The van der Waals surface area contributed by atoms with Crippen LogP contribution in [0.1, 0.15) is 43.6 Å². The second kappa shape index (κ2) is 7.52. The Hall–Kier alpha value is -1.71. The second-order valence-electron chi connectivity index (χ2n) is 5.73. The Morgan fingerprint density at radius 1 is 1.09 bits per heavy atom. The monoisotopic (exact) mass is 310 g/mol. The zero-order valence-electron chi connectivity index (χ0n) is 12.5. The Labute approximate surface area is 129 Å². The Bertz CT molecular complexity index is 494. The van der Waals surface area contributed by atoms with Gasteiger partial charge in [0.2, 0.25) is 0 Å². The number of hydrogen-bond donors (Lipinski definition) is 0. The number of ether oxygens (including phenoxy) is 1. The van der Waals surface area contributed by atoms with Crippen molar-refractivity contribution < 1.29 is 17.9 Å². The van der Waals surface area contributed by atoms with Crippen LogP contribution in [0.2, 0.25) is 0 Å². The SMILES string of the molecule is C=C/C=C\CC1CCC(c2ccc(OC(F)(F)F)cc2)CC1. The smallest absolute Gasteiger partial charge is 0.406 e. The molecule has 0 radical (unpaired) electrons. The fourth-order valence-electron chi connectivity index (χ4n) is 3.04. The van der Waals surface area contributed by atoms with Crippen LogP contribution in [0.4, 0.5) is 13.2 Å². The lowest BCUT2D eigenvalue weighted by atomic mass is 9.77. The first-order valence-corrected chi connectivity index (χ1v) is 7.61. The number of benzene rings is 1. The third-order valence-electron chi connectivity index (χ3n) is 4.17. The first-order chi connectivity index (χ1) is 10.5. The van der Waals surface area contributed by atoms with Gasteiger partial charge in [0, 0.05) is 0 Å². The largest absolute Gasteiger partial charge is 0.573 e. The van der Waals surface area contributed by atoms with E-state index in [1.165, 1.54) is 12.1 Å². The average Bonchev–Trinajstić information content (AvgIpc) is 2.48. The molecule has 4 heteroatoms. The van der Waals surface area contributed by atoms with Gasteiger partial charge in [-0.15, -0.1) is 13.2 Å². The summed E-state index contributed by atoms with van der Waals surface area (Å²) >= 11 is 0. The molecule has 1 aliphatic rings. The van der Waals surface area contributed by atoms with Gasteiger partial charge in [-0.1, -0.05) is 36.9 Å². The van der Waals surface area contributed by atoms with E-state index in [-0.39, 0.29) is 5.75 Å². The lowest BCUT2D eigenvalue weighted by Crippen LogP contribution is -2.17. The van der Waals surface area contributed by atoms with Crippen LogP contribution in [-0.4, -0.2) is 6.36 Å². The molecule has 22 heavy (non-hydrogen) atoms. The van der Waals surface area contributed by atoms with Crippen LogP contribution in [0, 0.1) is 5.92 Å². The first kappa shape index (κ1) is 16.7. The lowest BCUT2D eigenvalue weighted by Gasteiger charge is -2.28. The molecule has 1 fully saturated rings.